The molecule has 0 atom stereocenters. The number of carbonyl (C=O) groups excluding carboxylic acids is 1. The molecule has 1 aliphatic carbocycles. The van der Waals surface area contributed by atoms with Crippen LogP contribution >= 0.6 is 0 Å². The normalized spacial score (nSPS) is 23.9. The summed E-state index contributed by atoms with van der Waals surface area (Å²) in [6, 6.07) is 0.385. The van der Waals surface area contributed by atoms with Crippen LogP contribution in [0.2, 0.25) is 0 Å². The van der Waals surface area contributed by atoms with Crippen LogP contribution in [-0.4, -0.2) is 43.0 Å². The molecule has 110 valence electrons. The molecule has 0 spiro atoms. The highest BCUT2D eigenvalue weighted by Gasteiger charge is 2.37. The molecule has 0 unspecified atom stereocenters. The van der Waals surface area contributed by atoms with Gasteiger partial charge in [0.05, 0.1) is 0 Å². The van der Waals surface area contributed by atoms with Gasteiger partial charge >= 0.3 is 0 Å². The van der Waals surface area contributed by atoms with Crippen LogP contribution in [-0.2, 0) is 4.79 Å². The summed E-state index contributed by atoms with van der Waals surface area (Å²) in [5.74, 6) is 0.221. The minimum absolute atomic E-state index is 0.132. The Bertz CT molecular complexity index is 288. The highest BCUT2D eigenvalue weighted by molar-refractivity contribution is 5.77. The summed E-state index contributed by atoms with van der Waals surface area (Å²) < 4.78 is 0. The molecule has 2 rings (SSSR count). The number of nitrogens with zero attached hydrogens (tertiary/aromatic N) is 1. The summed E-state index contributed by atoms with van der Waals surface area (Å²) in [5, 5.41) is 3.22. The van der Waals surface area contributed by atoms with Gasteiger partial charge in [0.25, 0.3) is 0 Å². The fourth-order valence-electron chi connectivity index (χ4n) is 3.37. The third kappa shape index (κ3) is 3.93. The van der Waals surface area contributed by atoms with Gasteiger partial charge in [-0.2, -0.15) is 0 Å². The van der Waals surface area contributed by atoms with E-state index in [1.54, 1.807) is 0 Å². The Morgan fingerprint density at radius 3 is 2.53 bits per heavy atom. The van der Waals surface area contributed by atoms with E-state index >= 15 is 0 Å². The second-order valence-electron chi connectivity index (χ2n) is 6.42. The molecule has 1 aliphatic heterocycles. The minimum Gasteiger partial charge on any atom is -0.353 e. The van der Waals surface area contributed by atoms with Gasteiger partial charge in [0.2, 0.25) is 5.91 Å². The van der Waals surface area contributed by atoms with Crippen LogP contribution in [0.25, 0.3) is 0 Å². The van der Waals surface area contributed by atoms with Gasteiger partial charge in [-0.3, -0.25) is 4.79 Å². The van der Waals surface area contributed by atoms with E-state index in [1.807, 2.05) is 0 Å². The Labute approximate surface area is 117 Å². The van der Waals surface area contributed by atoms with Gasteiger partial charge in [0.1, 0.15) is 0 Å². The zero-order chi connectivity index (χ0) is 13.7. The third-order valence-corrected chi connectivity index (χ3v) is 4.88. The Morgan fingerprint density at radius 1 is 1.37 bits per heavy atom. The van der Waals surface area contributed by atoms with Crippen LogP contribution in [0.5, 0.6) is 0 Å². The minimum atomic E-state index is 0.132. The average molecular weight is 267 g/mol. The smallest absolute Gasteiger partial charge is 0.220 e. The number of carbonyl (C=O) groups is 1. The second-order valence-corrected chi connectivity index (χ2v) is 6.42. The predicted octanol–water partition coefficient (Wildman–Crippen LogP) is 1.50. The van der Waals surface area contributed by atoms with Gasteiger partial charge in [-0.05, 0) is 50.6 Å². The van der Waals surface area contributed by atoms with E-state index in [9.17, 15) is 4.79 Å². The van der Waals surface area contributed by atoms with Gasteiger partial charge in [-0.1, -0.05) is 13.3 Å². The van der Waals surface area contributed by atoms with Gasteiger partial charge in [-0.15, -0.1) is 0 Å². The third-order valence-electron chi connectivity index (χ3n) is 4.88. The standard InChI is InChI=1S/C15H29N3O/c1-2-8-18-9-4-13(5-10-18)17-14(19)11-15(12-16)6-3-7-15/h13H,2-12,16H2,1H3,(H,17,19). The van der Waals surface area contributed by atoms with Gasteiger partial charge in [0.15, 0.2) is 0 Å². The lowest BCUT2D eigenvalue weighted by atomic mass is 9.66. The molecule has 0 aromatic carbocycles. The number of rotatable bonds is 6. The lowest BCUT2D eigenvalue weighted by molar-refractivity contribution is -0.125. The number of likely N-dealkylation sites (tertiary alicyclic amines) is 1. The molecule has 4 nitrogen and oxygen atoms in total. The number of nitrogens with one attached hydrogen (secondary N) is 1. The summed E-state index contributed by atoms with van der Waals surface area (Å²) in [6.45, 7) is 6.33. The molecule has 3 N–H and O–H groups in total. The van der Waals surface area contributed by atoms with E-state index < -0.39 is 0 Å². The molecule has 0 radical (unpaired) electrons. The monoisotopic (exact) mass is 267 g/mol. The molecule has 0 bridgehead atoms. The molecule has 1 heterocycles. The van der Waals surface area contributed by atoms with E-state index in [4.69, 9.17) is 5.73 Å². The summed E-state index contributed by atoms with van der Waals surface area (Å²) >= 11 is 0. The summed E-state index contributed by atoms with van der Waals surface area (Å²) in [5.41, 5.74) is 5.95. The molecular formula is C15H29N3O. The quantitative estimate of drug-likeness (QED) is 0.766. The van der Waals surface area contributed by atoms with Crippen LogP contribution in [0.4, 0.5) is 0 Å². The van der Waals surface area contributed by atoms with E-state index in [2.05, 4.69) is 17.1 Å². The largest absolute Gasteiger partial charge is 0.353 e. The Balaban J connectivity index is 1.69. The first-order valence-corrected chi connectivity index (χ1v) is 7.89. The lowest BCUT2D eigenvalue weighted by Gasteiger charge is -2.41. The van der Waals surface area contributed by atoms with Crippen LogP contribution < -0.4 is 11.1 Å². The first-order chi connectivity index (χ1) is 9.17. The van der Waals surface area contributed by atoms with Crippen molar-refractivity contribution in [1.29, 1.82) is 0 Å². The number of amides is 1. The highest BCUT2D eigenvalue weighted by atomic mass is 16.1. The average Bonchev–Trinajstić information content (AvgIpc) is 2.37. The maximum atomic E-state index is 12.1. The molecule has 0 aromatic rings. The van der Waals surface area contributed by atoms with Crippen LogP contribution in [0, 0.1) is 5.41 Å². The maximum Gasteiger partial charge on any atom is 0.220 e. The Kier molecular flexibility index (Phi) is 5.22. The van der Waals surface area contributed by atoms with E-state index in [-0.39, 0.29) is 11.3 Å². The van der Waals surface area contributed by atoms with Crippen molar-refractivity contribution in [3.05, 3.63) is 0 Å². The molecule has 4 heteroatoms. The highest BCUT2D eigenvalue weighted by Crippen LogP contribution is 2.42. The predicted molar refractivity (Wildman–Crippen MR) is 77.9 cm³/mol. The Morgan fingerprint density at radius 2 is 2.05 bits per heavy atom. The fraction of sp³-hybridized carbons (Fsp3) is 0.933. The van der Waals surface area contributed by atoms with Crippen LogP contribution in [0.15, 0.2) is 0 Å². The maximum absolute atomic E-state index is 12.1. The SMILES string of the molecule is CCCN1CCC(NC(=O)CC2(CN)CCC2)CC1. The number of hydrogen-bond acceptors (Lipinski definition) is 3. The van der Waals surface area contributed by atoms with Crippen molar-refractivity contribution >= 4 is 5.91 Å². The zero-order valence-corrected chi connectivity index (χ0v) is 12.3. The van der Waals surface area contributed by atoms with Crippen LogP contribution in [0.1, 0.15) is 51.9 Å². The van der Waals surface area contributed by atoms with Crippen molar-refractivity contribution in [3.8, 4) is 0 Å². The van der Waals surface area contributed by atoms with Crippen molar-refractivity contribution in [2.45, 2.75) is 57.9 Å². The molecule has 1 saturated carbocycles. The molecule has 1 amide bonds. The number of nitrogens with two attached hydrogens (primary N) is 1. The summed E-state index contributed by atoms with van der Waals surface area (Å²) in [7, 11) is 0. The Hall–Kier alpha value is -0.610. The summed E-state index contributed by atoms with van der Waals surface area (Å²) in [6.07, 6.45) is 7.55. The van der Waals surface area contributed by atoms with Gasteiger partial charge in [-0.25, -0.2) is 0 Å². The number of piperidine rings is 1. The van der Waals surface area contributed by atoms with Crippen molar-refractivity contribution in [3.63, 3.8) is 0 Å². The second kappa shape index (κ2) is 6.71. The molecule has 0 aromatic heterocycles. The van der Waals surface area contributed by atoms with Gasteiger partial charge < -0.3 is 16.0 Å². The fourth-order valence-corrected chi connectivity index (χ4v) is 3.37. The van der Waals surface area contributed by atoms with E-state index in [0.29, 0.717) is 19.0 Å². The van der Waals surface area contributed by atoms with Crippen molar-refractivity contribution in [2.24, 2.45) is 11.1 Å². The van der Waals surface area contributed by atoms with Gasteiger partial charge in [0, 0.05) is 25.6 Å². The molecule has 2 aliphatic rings. The first kappa shape index (κ1) is 14.8. The summed E-state index contributed by atoms with van der Waals surface area (Å²) in [4.78, 5) is 14.6. The zero-order valence-electron chi connectivity index (χ0n) is 12.3. The lowest BCUT2D eigenvalue weighted by Crippen LogP contribution is -2.47. The molecule has 2 fully saturated rings. The van der Waals surface area contributed by atoms with Crippen molar-refractivity contribution in [1.82, 2.24) is 10.2 Å². The van der Waals surface area contributed by atoms with Crippen molar-refractivity contribution < 1.29 is 4.79 Å². The first-order valence-electron chi connectivity index (χ1n) is 7.89. The topological polar surface area (TPSA) is 58.4 Å². The van der Waals surface area contributed by atoms with Crippen molar-refractivity contribution in [2.75, 3.05) is 26.2 Å². The molecular weight excluding hydrogens is 238 g/mol. The van der Waals surface area contributed by atoms with E-state index in [1.165, 1.54) is 19.4 Å². The molecule has 1 saturated heterocycles. The molecule has 19 heavy (non-hydrogen) atoms. The van der Waals surface area contributed by atoms with Crippen LogP contribution in [0.3, 0.4) is 0 Å². The van der Waals surface area contributed by atoms with E-state index in [0.717, 1.165) is 38.8 Å². The number of hydrogen-bond donors (Lipinski definition) is 2.